The summed E-state index contributed by atoms with van der Waals surface area (Å²) in [4.78, 5) is 17.1. The first-order valence-corrected chi connectivity index (χ1v) is 12.6. The molecule has 0 aliphatic carbocycles. The van der Waals surface area contributed by atoms with Crippen molar-refractivity contribution in [3.63, 3.8) is 0 Å². The molecule has 0 unspecified atom stereocenters. The SMILES string of the molecule is Cc1ccc(C(C)C)c(OCCCn2c(CCNC(=O)COc3ccccc3)nc3ccccc32)c1. The van der Waals surface area contributed by atoms with Gasteiger partial charge in [0.1, 0.15) is 17.3 Å². The highest BCUT2D eigenvalue weighted by Crippen LogP contribution is 2.27. The van der Waals surface area contributed by atoms with E-state index >= 15 is 0 Å². The number of aryl methyl sites for hydroxylation is 2. The second-order valence-electron chi connectivity index (χ2n) is 9.27. The number of rotatable bonds is 12. The lowest BCUT2D eigenvalue weighted by Crippen LogP contribution is -2.31. The number of ether oxygens (including phenoxy) is 2. The molecule has 3 aromatic carbocycles. The van der Waals surface area contributed by atoms with Crippen molar-refractivity contribution in [3.8, 4) is 11.5 Å². The number of imidazole rings is 1. The second kappa shape index (κ2) is 12.2. The minimum atomic E-state index is -0.144. The molecule has 0 radical (unpaired) electrons. The van der Waals surface area contributed by atoms with Crippen molar-refractivity contribution < 1.29 is 14.3 Å². The van der Waals surface area contributed by atoms with Crippen LogP contribution in [0.25, 0.3) is 11.0 Å². The Morgan fingerprint density at radius 1 is 1.00 bits per heavy atom. The second-order valence-corrected chi connectivity index (χ2v) is 9.27. The minimum Gasteiger partial charge on any atom is -0.493 e. The summed E-state index contributed by atoms with van der Waals surface area (Å²) in [6, 6.07) is 23.9. The van der Waals surface area contributed by atoms with Crippen LogP contribution in [-0.4, -0.2) is 35.2 Å². The molecule has 1 amide bonds. The van der Waals surface area contributed by atoms with E-state index in [1.165, 1.54) is 11.1 Å². The van der Waals surface area contributed by atoms with Gasteiger partial charge >= 0.3 is 0 Å². The molecule has 0 fully saturated rings. The average Bonchev–Trinajstić information content (AvgIpc) is 3.23. The number of carbonyl (C=O) groups excluding carboxylic acids is 1. The Bertz CT molecular complexity index is 1280. The van der Waals surface area contributed by atoms with Crippen LogP contribution < -0.4 is 14.8 Å². The normalized spacial score (nSPS) is 11.1. The third-order valence-electron chi connectivity index (χ3n) is 6.09. The van der Waals surface area contributed by atoms with E-state index < -0.39 is 0 Å². The molecular weight excluding hydrogens is 450 g/mol. The summed E-state index contributed by atoms with van der Waals surface area (Å²) in [5.74, 6) is 2.88. The molecule has 36 heavy (non-hydrogen) atoms. The van der Waals surface area contributed by atoms with Gasteiger partial charge in [0.15, 0.2) is 6.61 Å². The molecule has 6 heteroatoms. The fourth-order valence-electron chi connectivity index (χ4n) is 4.24. The van der Waals surface area contributed by atoms with Crippen LogP contribution in [0.1, 0.15) is 43.1 Å². The van der Waals surface area contributed by atoms with E-state index in [0.29, 0.717) is 31.2 Å². The third-order valence-corrected chi connectivity index (χ3v) is 6.09. The maximum Gasteiger partial charge on any atom is 0.257 e. The first-order chi connectivity index (χ1) is 17.5. The van der Waals surface area contributed by atoms with Crippen LogP contribution in [0.3, 0.4) is 0 Å². The van der Waals surface area contributed by atoms with Crippen LogP contribution >= 0.6 is 0 Å². The Kier molecular flexibility index (Phi) is 8.61. The number of benzene rings is 3. The molecule has 0 aliphatic rings. The highest BCUT2D eigenvalue weighted by molar-refractivity contribution is 5.77. The molecule has 1 N–H and O–H groups in total. The summed E-state index contributed by atoms with van der Waals surface area (Å²) in [6.07, 6.45) is 1.50. The number of nitrogens with zero attached hydrogens (tertiary/aromatic N) is 2. The van der Waals surface area contributed by atoms with Gasteiger partial charge in [-0.25, -0.2) is 4.98 Å². The van der Waals surface area contributed by atoms with E-state index in [0.717, 1.165) is 35.6 Å². The van der Waals surface area contributed by atoms with E-state index in [1.807, 2.05) is 48.5 Å². The Morgan fingerprint density at radius 2 is 1.78 bits per heavy atom. The van der Waals surface area contributed by atoms with E-state index in [-0.39, 0.29) is 12.5 Å². The van der Waals surface area contributed by atoms with Gasteiger partial charge in [0.05, 0.1) is 17.6 Å². The summed E-state index contributed by atoms with van der Waals surface area (Å²) in [5, 5.41) is 2.94. The minimum absolute atomic E-state index is 0.00487. The monoisotopic (exact) mass is 485 g/mol. The summed E-state index contributed by atoms with van der Waals surface area (Å²) in [6.45, 7) is 8.38. The molecule has 0 atom stereocenters. The van der Waals surface area contributed by atoms with Crippen LogP contribution in [0, 0.1) is 6.92 Å². The van der Waals surface area contributed by atoms with Crippen molar-refractivity contribution in [2.45, 2.75) is 46.1 Å². The lowest BCUT2D eigenvalue weighted by Gasteiger charge is -2.15. The maximum atomic E-state index is 12.2. The predicted octanol–water partition coefficient (Wildman–Crippen LogP) is 5.67. The molecule has 1 heterocycles. The Labute approximate surface area is 213 Å². The van der Waals surface area contributed by atoms with Gasteiger partial charge < -0.3 is 19.4 Å². The Hall–Kier alpha value is -3.80. The van der Waals surface area contributed by atoms with Crippen LogP contribution in [0.2, 0.25) is 0 Å². The van der Waals surface area contributed by atoms with Crippen molar-refractivity contribution in [3.05, 3.63) is 89.7 Å². The van der Waals surface area contributed by atoms with Crippen LogP contribution in [0.15, 0.2) is 72.8 Å². The van der Waals surface area contributed by atoms with Gasteiger partial charge in [0, 0.05) is 19.5 Å². The van der Waals surface area contributed by atoms with Crippen molar-refractivity contribution in [1.82, 2.24) is 14.9 Å². The van der Waals surface area contributed by atoms with E-state index in [9.17, 15) is 4.79 Å². The number of fused-ring (bicyclic) bond motifs is 1. The first kappa shape index (κ1) is 25.3. The number of hydrogen-bond acceptors (Lipinski definition) is 4. The van der Waals surface area contributed by atoms with Crippen molar-refractivity contribution >= 4 is 16.9 Å². The highest BCUT2D eigenvalue weighted by atomic mass is 16.5. The zero-order valence-electron chi connectivity index (χ0n) is 21.4. The topological polar surface area (TPSA) is 65.4 Å². The number of hydrogen-bond donors (Lipinski definition) is 1. The highest BCUT2D eigenvalue weighted by Gasteiger charge is 2.12. The molecule has 1 aromatic heterocycles. The summed E-state index contributed by atoms with van der Waals surface area (Å²) >= 11 is 0. The van der Waals surface area contributed by atoms with Crippen molar-refractivity contribution in [1.29, 1.82) is 0 Å². The number of amides is 1. The lowest BCUT2D eigenvalue weighted by atomic mass is 10.0. The van der Waals surface area contributed by atoms with Gasteiger partial charge in [0.25, 0.3) is 5.91 Å². The number of nitrogens with one attached hydrogen (secondary N) is 1. The largest absolute Gasteiger partial charge is 0.493 e. The summed E-state index contributed by atoms with van der Waals surface area (Å²) in [7, 11) is 0. The molecule has 0 saturated heterocycles. The van der Waals surface area contributed by atoms with Crippen LogP contribution in [0.5, 0.6) is 11.5 Å². The van der Waals surface area contributed by atoms with E-state index in [2.05, 4.69) is 54.9 Å². The molecule has 6 nitrogen and oxygen atoms in total. The fraction of sp³-hybridized carbons (Fsp3) is 0.333. The van der Waals surface area contributed by atoms with Crippen LogP contribution in [0.4, 0.5) is 0 Å². The Balaban J connectivity index is 1.33. The third kappa shape index (κ3) is 6.66. The van der Waals surface area contributed by atoms with Crippen molar-refractivity contribution in [2.75, 3.05) is 19.8 Å². The molecule has 0 aliphatic heterocycles. The zero-order valence-corrected chi connectivity index (χ0v) is 21.4. The van der Waals surface area contributed by atoms with Crippen molar-refractivity contribution in [2.24, 2.45) is 0 Å². The molecular formula is C30H35N3O3. The van der Waals surface area contributed by atoms with Gasteiger partial charge in [-0.3, -0.25) is 4.79 Å². The van der Waals surface area contributed by atoms with E-state index in [4.69, 9.17) is 14.5 Å². The zero-order chi connectivity index (χ0) is 25.3. The molecule has 4 rings (SSSR count). The molecule has 0 spiro atoms. The summed E-state index contributed by atoms with van der Waals surface area (Å²) < 4.78 is 14.0. The quantitative estimate of drug-likeness (QED) is 0.262. The molecule has 188 valence electrons. The average molecular weight is 486 g/mol. The first-order valence-electron chi connectivity index (χ1n) is 12.6. The van der Waals surface area contributed by atoms with Gasteiger partial charge in [-0.05, 0) is 60.7 Å². The maximum absolute atomic E-state index is 12.2. The molecule has 4 aromatic rings. The van der Waals surface area contributed by atoms with Gasteiger partial charge in [-0.15, -0.1) is 0 Å². The molecule has 0 bridgehead atoms. The lowest BCUT2D eigenvalue weighted by molar-refractivity contribution is -0.123. The van der Waals surface area contributed by atoms with Crippen LogP contribution in [-0.2, 0) is 17.8 Å². The standard InChI is InChI=1S/C30H35N3O3/c1-22(2)25-15-14-23(3)20-28(25)35-19-9-18-33-27-13-8-7-12-26(27)32-29(33)16-17-31-30(34)21-36-24-10-5-4-6-11-24/h4-8,10-15,20,22H,9,16-19,21H2,1-3H3,(H,31,34). The van der Waals surface area contributed by atoms with E-state index in [1.54, 1.807) is 0 Å². The predicted molar refractivity (Wildman–Crippen MR) is 144 cm³/mol. The fourth-order valence-corrected chi connectivity index (χ4v) is 4.24. The number of aromatic nitrogens is 2. The number of carbonyl (C=O) groups is 1. The van der Waals surface area contributed by atoms with Gasteiger partial charge in [-0.2, -0.15) is 0 Å². The van der Waals surface area contributed by atoms with Gasteiger partial charge in [0.2, 0.25) is 0 Å². The summed E-state index contributed by atoms with van der Waals surface area (Å²) in [5.41, 5.74) is 4.51. The molecule has 0 saturated carbocycles. The van der Waals surface area contributed by atoms with Gasteiger partial charge in [-0.1, -0.05) is 56.3 Å². The smallest absolute Gasteiger partial charge is 0.257 e. The number of para-hydroxylation sites is 3. The Morgan fingerprint density at radius 3 is 2.58 bits per heavy atom.